The second-order valence-corrected chi connectivity index (χ2v) is 3.55. The van der Waals surface area contributed by atoms with E-state index in [0.717, 1.165) is 16.5 Å². The third kappa shape index (κ3) is 2.57. The van der Waals surface area contributed by atoms with Crippen molar-refractivity contribution in [2.45, 2.75) is 6.42 Å². The van der Waals surface area contributed by atoms with Gasteiger partial charge in [0.15, 0.2) is 0 Å². The van der Waals surface area contributed by atoms with E-state index in [1.165, 1.54) is 0 Å². The van der Waals surface area contributed by atoms with E-state index in [-0.39, 0.29) is 0 Å². The molecular formula is C12H11N5. The Kier molecular flexibility index (Phi) is 3.29. The molecule has 0 radical (unpaired) electrons. The molecule has 0 aliphatic heterocycles. The summed E-state index contributed by atoms with van der Waals surface area (Å²) in [6.45, 7) is 0.414. The monoisotopic (exact) mass is 225 g/mol. The first kappa shape index (κ1) is 11.1. The first-order valence-corrected chi connectivity index (χ1v) is 5.23. The minimum atomic E-state index is 0.414. The molecule has 0 aliphatic carbocycles. The van der Waals surface area contributed by atoms with Crippen LogP contribution in [0, 0.1) is 11.8 Å². The van der Waals surface area contributed by atoms with Gasteiger partial charge in [0.05, 0.1) is 11.7 Å². The Hall–Kier alpha value is -2.44. The van der Waals surface area contributed by atoms with Crippen LogP contribution in [0.25, 0.3) is 21.3 Å². The molecule has 0 spiro atoms. The number of hydrogen-bond donors (Lipinski definition) is 0. The van der Waals surface area contributed by atoms with Crippen molar-refractivity contribution in [3.8, 4) is 11.8 Å². The van der Waals surface area contributed by atoms with Gasteiger partial charge in [0, 0.05) is 35.9 Å². The highest BCUT2D eigenvalue weighted by Crippen LogP contribution is 2.13. The Labute approximate surface area is 98.7 Å². The van der Waals surface area contributed by atoms with Crippen molar-refractivity contribution in [1.82, 2.24) is 9.78 Å². The van der Waals surface area contributed by atoms with Crippen LogP contribution in [0.2, 0.25) is 0 Å². The summed E-state index contributed by atoms with van der Waals surface area (Å²) in [4.78, 5) is 2.67. The van der Waals surface area contributed by atoms with Gasteiger partial charge in [-0.05, 0) is 23.7 Å². The Morgan fingerprint density at radius 1 is 1.53 bits per heavy atom. The van der Waals surface area contributed by atoms with Crippen molar-refractivity contribution in [2.75, 3.05) is 6.54 Å². The summed E-state index contributed by atoms with van der Waals surface area (Å²) in [5, 5.41) is 8.70. The summed E-state index contributed by atoms with van der Waals surface area (Å²) in [5.74, 6) is 6.01. The van der Waals surface area contributed by atoms with Gasteiger partial charge >= 0.3 is 0 Å². The predicted octanol–water partition coefficient (Wildman–Crippen LogP) is 2.63. The van der Waals surface area contributed by atoms with Gasteiger partial charge in [-0.2, -0.15) is 5.10 Å². The van der Waals surface area contributed by atoms with Gasteiger partial charge in [-0.25, -0.2) is 0 Å². The molecule has 5 heteroatoms. The first-order valence-electron chi connectivity index (χ1n) is 5.23. The summed E-state index contributed by atoms with van der Waals surface area (Å²) in [6, 6.07) is 5.97. The van der Waals surface area contributed by atoms with Crippen LogP contribution >= 0.6 is 0 Å². The number of benzene rings is 1. The van der Waals surface area contributed by atoms with Gasteiger partial charge in [0.25, 0.3) is 0 Å². The number of nitrogens with zero attached hydrogens (tertiary/aromatic N) is 5. The number of fused-ring (bicyclic) bond motifs is 1. The zero-order valence-electron chi connectivity index (χ0n) is 9.46. The van der Waals surface area contributed by atoms with Crippen molar-refractivity contribution in [3.63, 3.8) is 0 Å². The fourth-order valence-electron chi connectivity index (χ4n) is 1.54. The van der Waals surface area contributed by atoms with Crippen molar-refractivity contribution in [3.05, 3.63) is 40.4 Å². The smallest absolute Gasteiger partial charge is 0.0691 e. The SMILES string of the molecule is Cn1ncc2ccc(C#CCCN=[N+]=[N-])cc21. The molecule has 0 unspecified atom stereocenters. The summed E-state index contributed by atoms with van der Waals surface area (Å²) in [6.07, 6.45) is 2.40. The van der Waals surface area contributed by atoms with Gasteiger partial charge in [-0.1, -0.05) is 17.0 Å². The molecule has 0 saturated carbocycles. The molecule has 1 aromatic heterocycles. The Bertz CT molecular complexity index is 638. The molecule has 1 heterocycles. The fourth-order valence-corrected chi connectivity index (χ4v) is 1.54. The van der Waals surface area contributed by atoms with Gasteiger partial charge in [-0.15, -0.1) is 0 Å². The number of azide groups is 1. The Balaban J connectivity index is 2.18. The maximum Gasteiger partial charge on any atom is 0.0691 e. The van der Waals surface area contributed by atoms with Crippen LogP contribution in [0.1, 0.15) is 12.0 Å². The molecule has 0 bridgehead atoms. The second-order valence-electron chi connectivity index (χ2n) is 3.55. The van der Waals surface area contributed by atoms with Gasteiger partial charge in [0.1, 0.15) is 0 Å². The van der Waals surface area contributed by atoms with Crippen LogP contribution in [0.5, 0.6) is 0 Å². The third-order valence-corrected chi connectivity index (χ3v) is 2.38. The lowest BCUT2D eigenvalue weighted by Gasteiger charge is -1.94. The third-order valence-electron chi connectivity index (χ3n) is 2.38. The largest absolute Gasteiger partial charge is 0.268 e. The topological polar surface area (TPSA) is 66.6 Å². The number of rotatable bonds is 2. The Morgan fingerprint density at radius 2 is 2.41 bits per heavy atom. The quantitative estimate of drug-likeness (QED) is 0.255. The lowest BCUT2D eigenvalue weighted by molar-refractivity contribution is 0.797. The highest BCUT2D eigenvalue weighted by Gasteiger charge is 1.98. The van der Waals surface area contributed by atoms with Crippen molar-refractivity contribution in [1.29, 1.82) is 0 Å². The lowest BCUT2D eigenvalue weighted by Crippen LogP contribution is -1.88. The van der Waals surface area contributed by atoms with Crippen LogP contribution in [0.15, 0.2) is 29.5 Å². The van der Waals surface area contributed by atoms with E-state index in [4.69, 9.17) is 5.53 Å². The molecule has 0 saturated heterocycles. The van der Waals surface area contributed by atoms with E-state index in [1.54, 1.807) is 0 Å². The molecular weight excluding hydrogens is 214 g/mol. The minimum absolute atomic E-state index is 0.414. The van der Waals surface area contributed by atoms with Crippen LogP contribution < -0.4 is 0 Å². The highest BCUT2D eigenvalue weighted by molar-refractivity contribution is 5.80. The molecule has 5 nitrogen and oxygen atoms in total. The normalized spacial score (nSPS) is 9.47. The summed E-state index contributed by atoms with van der Waals surface area (Å²) in [7, 11) is 1.90. The van der Waals surface area contributed by atoms with E-state index in [0.29, 0.717) is 13.0 Å². The number of aryl methyl sites for hydroxylation is 1. The van der Waals surface area contributed by atoms with E-state index in [9.17, 15) is 0 Å². The average molecular weight is 225 g/mol. The maximum absolute atomic E-state index is 8.11. The van der Waals surface area contributed by atoms with Crippen LogP contribution in [0.4, 0.5) is 0 Å². The molecule has 0 amide bonds. The van der Waals surface area contributed by atoms with Gasteiger partial charge in [-0.3, -0.25) is 4.68 Å². The fraction of sp³-hybridized carbons (Fsp3) is 0.250. The van der Waals surface area contributed by atoms with Gasteiger partial charge in [0.2, 0.25) is 0 Å². The van der Waals surface area contributed by atoms with Gasteiger partial charge < -0.3 is 0 Å². The number of aromatic nitrogens is 2. The van der Waals surface area contributed by atoms with Crippen LogP contribution in [-0.4, -0.2) is 16.3 Å². The lowest BCUT2D eigenvalue weighted by atomic mass is 10.1. The molecule has 2 aromatic rings. The van der Waals surface area contributed by atoms with E-state index in [2.05, 4.69) is 27.0 Å². The summed E-state index contributed by atoms with van der Waals surface area (Å²) < 4.78 is 1.82. The second kappa shape index (κ2) is 5.06. The Morgan fingerprint density at radius 3 is 3.24 bits per heavy atom. The molecule has 0 atom stereocenters. The number of hydrogen-bond acceptors (Lipinski definition) is 2. The molecule has 84 valence electrons. The van der Waals surface area contributed by atoms with E-state index < -0.39 is 0 Å². The minimum Gasteiger partial charge on any atom is -0.268 e. The molecule has 1 aromatic carbocycles. The van der Waals surface area contributed by atoms with Crippen molar-refractivity contribution >= 4 is 10.9 Å². The molecule has 2 rings (SSSR count). The van der Waals surface area contributed by atoms with E-state index >= 15 is 0 Å². The van der Waals surface area contributed by atoms with E-state index in [1.807, 2.05) is 36.1 Å². The van der Waals surface area contributed by atoms with Crippen molar-refractivity contribution < 1.29 is 0 Å². The van der Waals surface area contributed by atoms with Crippen LogP contribution in [-0.2, 0) is 7.05 Å². The summed E-state index contributed by atoms with van der Waals surface area (Å²) in [5.41, 5.74) is 10.1. The highest BCUT2D eigenvalue weighted by atomic mass is 15.2. The zero-order chi connectivity index (χ0) is 12.1. The molecule has 0 fully saturated rings. The maximum atomic E-state index is 8.11. The molecule has 0 N–H and O–H groups in total. The molecule has 0 aliphatic rings. The zero-order valence-corrected chi connectivity index (χ0v) is 9.46. The summed E-state index contributed by atoms with van der Waals surface area (Å²) >= 11 is 0. The molecule has 17 heavy (non-hydrogen) atoms. The van der Waals surface area contributed by atoms with Crippen LogP contribution in [0.3, 0.4) is 0 Å². The predicted molar refractivity (Wildman–Crippen MR) is 66.2 cm³/mol. The first-order chi connectivity index (χ1) is 8.31. The average Bonchev–Trinajstić information content (AvgIpc) is 2.71. The standard InChI is InChI=1S/C12H11N5/c1-17-12-8-10(4-2-3-7-14-16-13)5-6-11(12)9-15-17/h5-6,8-9H,3,7H2,1H3. The van der Waals surface area contributed by atoms with Crippen molar-refractivity contribution in [2.24, 2.45) is 12.2 Å².